The van der Waals surface area contributed by atoms with E-state index in [4.69, 9.17) is 11.6 Å². The minimum Gasteiger partial charge on any atom is -0.383 e. The number of rotatable bonds is 6. The van der Waals surface area contributed by atoms with Crippen molar-refractivity contribution in [1.29, 1.82) is 0 Å². The molecule has 3 rings (SSSR count). The lowest BCUT2D eigenvalue weighted by atomic mass is 10.1. The van der Waals surface area contributed by atoms with Gasteiger partial charge >= 0.3 is 4.33 Å². The van der Waals surface area contributed by atoms with Crippen LogP contribution in [0.3, 0.4) is 0 Å². The molecule has 1 unspecified atom stereocenters. The van der Waals surface area contributed by atoms with Gasteiger partial charge in [-0.15, -0.1) is 0 Å². The molecular weight excluding hydrogens is 439 g/mol. The van der Waals surface area contributed by atoms with Gasteiger partial charge in [-0.1, -0.05) is 66.2 Å². The second kappa shape index (κ2) is 7.87. The van der Waals surface area contributed by atoms with E-state index in [0.29, 0.717) is 0 Å². The van der Waals surface area contributed by atoms with Crippen LogP contribution in [0.15, 0.2) is 94.7 Å². The van der Waals surface area contributed by atoms with Crippen LogP contribution >= 0.6 is 11.6 Å². The highest BCUT2D eigenvalue weighted by Gasteiger charge is 2.63. The lowest BCUT2D eigenvalue weighted by Gasteiger charge is -2.30. The number of benzene rings is 3. The molecule has 0 radical (unpaired) electrons. The van der Waals surface area contributed by atoms with Crippen LogP contribution in [-0.4, -0.2) is 26.3 Å². The van der Waals surface area contributed by atoms with Gasteiger partial charge in [0.25, 0.3) is 0 Å². The first kappa shape index (κ1) is 21.4. The molecule has 0 amide bonds. The van der Waals surface area contributed by atoms with Crippen LogP contribution in [-0.2, 0) is 19.7 Å². The van der Waals surface area contributed by atoms with Crippen LogP contribution in [0.4, 0.5) is 4.39 Å². The fraction of sp³-hybridized carbons (Fsp3) is 0.100. The van der Waals surface area contributed by atoms with E-state index in [1.165, 1.54) is 60.7 Å². The maximum absolute atomic E-state index is 16.5. The van der Waals surface area contributed by atoms with Gasteiger partial charge in [-0.2, -0.15) is 0 Å². The molecule has 9 heteroatoms. The summed E-state index contributed by atoms with van der Waals surface area (Å²) in [6, 6.07) is 17.9. The summed E-state index contributed by atoms with van der Waals surface area (Å²) >= 11 is 6.00. The minimum atomic E-state index is -5.23. The number of halogens is 2. The van der Waals surface area contributed by atoms with Gasteiger partial charge < -0.3 is 5.11 Å². The van der Waals surface area contributed by atoms with Crippen LogP contribution < -0.4 is 0 Å². The molecule has 1 N–H and O–H groups in total. The van der Waals surface area contributed by atoms with Gasteiger partial charge in [0, 0.05) is 10.6 Å². The van der Waals surface area contributed by atoms with E-state index in [0.717, 1.165) is 24.3 Å². The number of hydrogen-bond donors (Lipinski definition) is 1. The highest BCUT2D eigenvalue weighted by atomic mass is 35.5. The van der Waals surface area contributed by atoms with E-state index < -0.39 is 39.9 Å². The maximum atomic E-state index is 16.5. The Bertz CT molecular complexity index is 1140. The van der Waals surface area contributed by atoms with Crippen molar-refractivity contribution >= 4 is 31.3 Å². The SMILES string of the molecule is O=S(=O)(c1ccccc1)C(F)(C(O)c1ccccc1Cl)S(=O)(=O)c1ccccc1. The summed E-state index contributed by atoms with van der Waals surface area (Å²) in [5.74, 6) is 0. The first-order valence-corrected chi connectivity index (χ1v) is 11.7. The van der Waals surface area contributed by atoms with Gasteiger partial charge in [0.05, 0.1) is 9.79 Å². The van der Waals surface area contributed by atoms with Crippen molar-refractivity contribution in [2.24, 2.45) is 0 Å². The number of sulfone groups is 2. The van der Waals surface area contributed by atoms with Crippen LogP contribution in [0.2, 0.25) is 5.02 Å². The largest absolute Gasteiger partial charge is 0.383 e. The molecule has 0 aliphatic rings. The first-order chi connectivity index (χ1) is 13.6. The number of alkyl halides is 1. The zero-order valence-electron chi connectivity index (χ0n) is 14.8. The summed E-state index contributed by atoms with van der Waals surface area (Å²) in [4.78, 5) is -1.18. The fourth-order valence-corrected chi connectivity index (χ4v) is 7.33. The Kier molecular flexibility index (Phi) is 5.82. The Morgan fingerprint density at radius 2 is 1.10 bits per heavy atom. The van der Waals surface area contributed by atoms with Crippen molar-refractivity contribution in [3.63, 3.8) is 0 Å². The van der Waals surface area contributed by atoms with Crippen LogP contribution in [0, 0.1) is 0 Å². The van der Waals surface area contributed by atoms with E-state index in [1.54, 1.807) is 0 Å². The Hall–Kier alpha value is -2.26. The van der Waals surface area contributed by atoms with Crippen LogP contribution in [0.1, 0.15) is 11.7 Å². The van der Waals surface area contributed by atoms with E-state index in [-0.39, 0.29) is 10.6 Å². The van der Waals surface area contributed by atoms with Crippen molar-refractivity contribution in [3.8, 4) is 0 Å². The molecule has 3 aromatic carbocycles. The van der Waals surface area contributed by atoms with E-state index in [9.17, 15) is 21.9 Å². The maximum Gasteiger partial charge on any atom is 0.346 e. The molecule has 3 aromatic rings. The number of hydrogen-bond acceptors (Lipinski definition) is 5. The third-order valence-electron chi connectivity index (χ3n) is 4.37. The minimum absolute atomic E-state index is 0.173. The van der Waals surface area contributed by atoms with Gasteiger partial charge in [0.2, 0.25) is 19.7 Å². The van der Waals surface area contributed by atoms with Gasteiger partial charge in [-0.05, 0) is 30.3 Å². The summed E-state index contributed by atoms with van der Waals surface area (Å²) in [5, 5.41) is 10.6. The second-order valence-corrected chi connectivity index (χ2v) is 10.9. The average molecular weight is 455 g/mol. The molecule has 0 aliphatic heterocycles. The molecule has 0 bridgehead atoms. The summed E-state index contributed by atoms with van der Waals surface area (Å²) in [6.45, 7) is 0. The Labute approximate surface area is 173 Å². The monoisotopic (exact) mass is 454 g/mol. The average Bonchev–Trinajstić information content (AvgIpc) is 2.74. The molecule has 1 atom stereocenters. The molecule has 0 saturated carbocycles. The normalized spacial score (nSPS) is 13.8. The first-order valence-electron chi connectivity index (χ1n) is 8.35. The molecule has 0 aromatic heterocycles. The fourth-order valence-electron chi connectivity index (χ4n) is 2.84. The van der Waals surface area contributed by atoms with E-state index >= 15 is 4.39 Å². The van der Waals surface area contributed by atoms with Crippen molar-refractivity contribution < 1.29 is 26.3 Å². The topological polar surface area (TPSA) is 88.5 Å². The lowest BCUT2D eigenvalue weighted by Crippen LogP contribution is -2.47. The van der Waals surface area contributed by atoms with Gasteiger partial charge in [-0.25, -0.2) is 21.2 Å². The van der Waals surface area contributed by atoms with Crippen LogP contribution in [0.5, 0.6) is 0 Å². The molecule has 0 spiro atoms. The summed E-state index contributed by atoms with van der Waals surface area (Å²) in [6.07, 6.45) is -2.60. The molecular formula is C20H16ClFO5S2. The zero-order valence-corrected chi connectivity index (χ0v) is 17.2. The molecule has 29 heavy (non-hydrogen) atoms. The summed E-state index contributed by atoms with van der Waals surface area (Å²) < 4.78 is 65.3. The van der Waals surface area contributed by atoms with E-state index in [2.05, 4.69) is 0 Å². The standard InChI is InChI=1S/C20H16ClFO5S2/c21-18-14-8-7-13-17(18)19(23)20(22,28(24,25)15-9-3-1-4-10-15)29(26,27)16-11-5-2-6-12-16/h1-14,19,23H. The van der Waals surface area contributed by atoms with Crippen molar-refractivity contribution in [3.05, 3.63) is 95.5 Å². The summed E-state index contributed by atoms with van der Waals surface area (Å²) in [5.41, 5.74) is -0.365. The van der Waals surface area contributed by atoms with Gasteiger partial charge in [0.1, 0.15) is 6.10 Å². The van der Waals surface area contributed by atoms with Crippen molar-refractivity contribution in [1.82, 2.24) is 0 Å². The number of aliphatic hydroxyl groups is 1. The van der Waals surface area contributed by atoms with Crippen molar-refractivity contribution in [2.45, 2.75) is 20.2 Å². The highest BCUT2D eigenvalue weighted by molar-refractivity contribution is 8.10. The third kappa shape index (κ3) is 3.46. The van der Waals surface area contributed by atoms with Crippen LogP contribution in [0.25, 0.3) is 0 Å². The Morgan fingerprint density at radius 3 is 1.52 bits per heavy atom. The molecule has 0 heterocycles. The zero-order chi connectivity index (χ0) is 21.3. The quantitative estimate of drug-likeness (QED) is 0.609. The molecule has 152 valence electrons. The number of aliphatic hydroxyl groups excluding tert-OH is 1. The molecule has 0 aliphatic carbocycles. The molecule has 0 saturated heterocycles. The second-order valence-electron chi connectivity index (χ2n) is 6.14. The Balaban J connectivity index is 2.35. The highest BCUT2D eigenvalue weighted by Crippen LogP contribution is 2.47. The predicted molar refractivity (Wildman–Crippen MR) is 108 cm³/mol. The summed E-state index contributed by atoms with van der Waals surface area (Å²) in [7, 11) is -10.5. The van der Waals surface area contributed by atoms with Gasteiger partial charge in [-0.3, -0.25) is 0 Å². The smallest absolute Gasteiger partial charge is 0.346 e. The predicted octanol–water partition coefficient (Wildman–Crippen LogP) is 3.94. The van der Waals surface area contributed by atoms with Crippen molar-refractivity contribution in [2.75, 3.05) is 0 Å². The molecule has 5 nitrogen and oxygen atoms in total. The molecule has 0 fully saturated rings. The van der Waals surface area contributed by atoms with E-state index in [1.807, 2.05) is 0 Å². The lowest BCUT2D eigenvalue weighted by molar-refractivity contribution is 0.0944. The Morgan fingerprint density at radius 1 is 0.724 bits per heavy atom. The van der Waals surface area contributed by atoms with Gasteiger partial charge in [0.15, 0.2) is 0 Å². The third-order valence-corrected chi connectivity index (χ3v) is 9.72.